The lowest BCUT2D eigenvalue weighted by Crippen LogP contribution is -2.44. The molecule has 0 amide bonds. The van der Waals surface area contributed by atoms with Gasteiger partial charge in [-0.3, -0.25) is 0 Å². The highest BCUT2D eigenvalue weighted by Crippen LogP contribution is 2.30. The number of hydrogen-bond donors (Lipinski definition) is 2. The van der Waals surface area contributed by atoms with Gasteiger partial charge in [-0.05, 0) is 44.9 Å². The molecule has 0 saturated carbocycles. The van der Waals surface area contributed by atoms with E-state index < -0.39 is 11.6 Å². The fraction of sp³-hybridized carbons (Fsp3) is 0.462. The van der Waals surface area contributed by atoms with Crippen molar-refractivity contribution in [2.75, 3.05) is 6.54 Å². The Morgan fingerprint density at radius 1 is 1.28 bits per heavy atom. The molecule has 1 fully saturated rings. The second kappa shape index (κ2) is 4.02. The maximum absolute atomic E-state index is 13.6. The number of imidazole rings is 1. The van der Waals surface area contributed by atoms with Gasteiger partial charge < -0.3 is 10.3 Å². The lowest BCUT2D eigenvalue weighted by Gasteiger charge is -2.33. The minimum atomic E-state index is -0.880. The first-order chi connectivity index (χ1) is 8.60. The van der Waals surface area contributed by atoms with Crippen molar-refractivity contribution in [3.63, 3.8) is 0 Å². The van der Waals surface area contributed by atoms with Crippen molar-refractivity contribution in [1.82, 2.24) is 15.3 Å². The van der Waals surface area contributed by atoms with Gasteiger partial charge in [-0.25, -0.2) is 13.8 Å². The second-order valence-electron chi connectivity index (χ2n) is 5.06. The molecule has 2 N–H and O–H groups in total. The highest BCUT2D eigenvalue weighted by molar-refractivity contribution is 5.76. The van der Waals surface area contributed by atoms with Gasteiger partial charge >= 0.3 is 0 Å². The minimum absolute atomic E-state index is 0.0820. The molecule has 0 aliphatic carbocycles. The molecule has 2 heterocycles. The summed E-state index contributed by atoms with van der Waals surface area (Å²) in [6, 6.07) is 2.65. The van der Waals surface area contributed by atoms with E-state index in [1.54, 1.807) is 0 Å². The van der Waals surface area contributed by atoms with Crippen molar-refractivity contribution in [1.29, 1.82) is 0 Å². The molecule has 0 spiro atoms. The Hall–Kier alpha value is -1.49. The second-order valence-corrected chi connectivity index (χ2v) is 5.06. The van der Waals surface area contributed by atoms with E-state index in [-0.39, 0.29) is 11.1 Å². The number of nitrogens with one attached hydrogen (secondary N) is 2. The van der Waals surface area contributed by atoms with Crippen LogP contribution in [0.4, 0.5) is 8.78 Å². The van der Waals surface area contributed by atoms with Gasteiger partial charge in [0.1, 0.15) is 11.3 Å². The highest BCUT2D eigenvalue weighted by Gasteiger charge is 2.31. The van der Waals surface area contributed by atoms with Crippen LogP contribution in [-0.4, -0.2) is 16.5 Å². The first kappa shape index (κ1) is 11.6. The van der Waals surface area contributed by atoms with E-state index in [2.05, 4.69) is 15.3 Å². The Bertz CT molecular complexity index is 585. The standard InChI is InChI=1S/C13H15F2N3/c1-13(6-2-3-7-16-13)12-17-9-5-4-8(14)10(15)11(9)18-12/h4-5,16H,2-3,6-7H2,1H3,(H,17,18). The molecule has 5 heteroatoms. The molecular formula is C13H15F2N3. The SMILES string of the molecule is CC1(c2nc3c(F)c(F)ccc3[nH]2)CCCCN1. The normalized spacial score (nSPS) is 24.6. The summed E-state index contributed by atoms with van der Waals surface area (Å²) in [5.74, 6) is -1.06. The first-order valence-electron chi connectivity index (χ1n) is 6.19. The number of piperidine rings is 1. The minimum Gasteiger partial charge on any atom is -0.340 e. The third-order valence-corrected chi connectivity index (χ3v) is 3.69. The van der Waals surface area contributed by atoms with Crippen LogP contribution in [-0.2, 0) is 5.54 Å². The molecular weight excluding hydrogens is 236 g/mol. The monoisotopic (exact) mass is 251 g/mol. The molecule has 1 unspecified atom stereocenters. The number of H-pyrrole nitrogens is 1. The predicted molar refractivity (Wildman–Crippen MR) is 65.2 cm³/mol. The van der Waals surface area contributed by atoms with Crippen molar-refractivity contribution in [2.45, 2.75) is 31.7 Å². The van der Waals surface area contributed by atoms with Crippen molar-refractivity contribution < 1.29 is 8.78 Å². The van der Waals surface area contributed by atoms with E-state index in [0.29, 0.717) is 11.3 Å². The van der Waals surface area contributed by atoms with E-state index in [1.807, 2.05) is 6.92 Å². The van der Waals surface area contributed by atoms with Crippen LogP contribution in [0, 0.1) is 11.6 Å². The van der Waals surface area contributed by atoms with Crippen LogP contribution in [0.15, 0.2) is 12.1 Å². The largest absolute Gasteiger partial charge is 0.340 e. The Balaban J connectivity index is 2.10. The molecule has 2 aromatic rings. The molecule has 18 heavy (non-hydrogen) atoms. The molecule has 1 aliphatic heterocycles. The molecule has 96 valence electrons. The van der Waals surface area contributed by atoms with Gasteiger partial charge in [0.15, 0.2) is 11.6 Å². The zero-order valence-electron chi connectivity index (χ0n) is 10.2. The number of nitrogens with zero attached hydrogens (tertiary/aromatic N) is 1. The Morgan fingerprint density at radius 2 is 2.11 bits per heavy atom. The lowest BCUT2D eigenvalue weighted by molar-refractivity contribution is 0.271. The van der Waals surface area contributed by atoms with Gasteiger partial charge in [-0.1, -0.05) is 0 Å². The summed E-state index contributed by atoms with van der Waals surface area (Å²) in [6.07, 6.45) is 3.19. The van der Waals surface area contributed by atoms with Gasteiger partial charge in [0.05, 0.1) is 11.1 Å². The number of fused-ring (bicyclic) bond motifs is 1. The van der Waals surface area contributed by atoms with Crippen LogP contribution in [0.2, 0.25) is 0 Å². The zero-order chi connectivity index (χ0) is 12.8. The number of hydrogen-bond acceptors (Lipinski definition) is 2. The fourth-order valence-electron chi connectivity index (χ4n) is 2.54. The molecule has 1 aliphatic rings. The quantitative estimate of drug-likeness (QED) is 0.818. The summed E-state index contributed by atoms with van der Waals surface area (Å²) in [5, 5.41) is 3.40. The molecule has 1 atom stereocenters. The topological polar surface area (TPSA) is 40.7 Å². The van der Waals surface area contributed by atoms with Gasteiger partial charge in [0.25, 0.3) is 0 Å². The smallest absolute Gasteiger partial charge is 0.186 e. The van der Waals surface area contributed by atoms with Gasteiger partial charge in [-0.2, -0.15) is 0 Å². The lowest BCUT2D eigenvalue weighted by atomic mass is 9.90. The molecule has 3 nitrogen and oxygen atoms in total. The molecule has 1 aromatic heterocycles. The van der Waals surface area contributed by atoms with E-state index in [0.717, 1.165) is 31.9 Å². The number of benzene rings is 1. The summed E-state index contributed by atoms with van der Waals surface area (Å²) in [4.78, 5) is 7.33. The summed E-state index contributed by atoms with van der Waals surface area (Å²) in [6.45, 7) is 2.96. The van der Waals surface area contributed by atoms with E-state index in [4.69, 9.17) is 0 Å². The molecule has 1 aromatic carbocycles. The van der Waals surface area contributed by atoms with Gasteiger partial charge in [0.2, 0.25) is 0 Å². The van der Waals surface area contributed by atoms with Crippen molar-refractivity contribution in [3.05, 3.63) is 29.6 Å². The number of aromatic amines is 1. The summed E-state index contributed by atoms with van der Waals surface area (Å²) < 4.78 is 26.8. The Labute approximate surface area is 104 Å². The predicted octanol–water partition coefficient (Wildman–Crippen LogP) is 2.83. The highest BCUT2D eigenvalue weighted by atomic mass is 19.2. The Kier molecular flexibility index (Phi) is 2.59. The third kappa shape index (κ3) is 1.70. The van der Waals surface area contributed by atoms with Crippen molar-refractivity contribution in [3.8, 4) is 0 Å². The summed E-state index contributed by atoms with van der Waals surface area (Å²) >= 11 is 0. The van der Waals surface area contributed by atoms with Crippen LogP contribution >= 0.6 is 0 Å². The van der Waals surface area contributed by atoms with Crippen molar-refractivity contribution >= 4 is 11.0 Å². The maximum atomic E-state index is 13.6. The average Bonchev–Trinajstić information content (AvgIpc) is 2.80. The van der Waals surface area contributed by atoms with Gasteiger partial charge in [-0.15, -0.1) is 0 Å². The summed E-state index contributed by atoms with van der Waals surface area (Å²) in [5.41, 5.74) is 0.344. The van der Waals surface area contributed by atoms with Crippen LogP contribution in [0.25, 0.3) is 11.0 Å². The third-order valence-electron chi connectivity index (χ3n) is 3.69. The Morgan fingerprint density at radius 3 is 2.83 bits per heavy atom. The van der Waals surface area contributed by atoms with E-state index in [1.165, 1.54) is 6.07 Å². The van der Waals surface area contributed by atoms with Crippen LogP contribution in [0.3, 0.4) is 0 Å². The van der Waals surface area contributed by atoms with Gasteiger partial charge in [0, 0.05) is 0 Å². The zero-order valence-corrected chi connectivity index (χ0v) is 10.2. The van der Waals surface area contributed by atoms with Crippen LogP contribution < -0.4 is 5.32 Å². The number of aromatic nitrogens is 2. The van der Waals surface area contributed by atoms with Crippen LogP contribution in [0.5, 0.6) is 0 Å². The summed E-state index contributed by atoms with van der Waals surface area (Å²) in [7, 11) is 0. The number of rotatable bonds is 1. The van der Waals surface area contributed by atoms with E-state index in [9.17, 15) is 8.78 Å². The maximum Gasteiger partial charge on any atom is 0.186 e. The first-order valence-corrected chi connectivity index (χ1v) is 6.19. The van der Waals surface area contributed by atoms with Crippen molar-refractivity contribution in [2.24, 2.45) is 0 Å². The fourth-order valence-corrected chi connectivity index (χ4v) is 2.54. The molecule has 0 bridgehead atoms. The molecule has 0 radical (unpaired) electrons. The van der Waals surface area contributed by atoms with Crippen LogP contribution in [0.1, 0.15) is 32.0 Å². The molecule has 1 saturated heterocycles. The van der Waals surface area contributed by atoms with E-state index >= 15 is 0 Å². The average molecular weight is 251 g/mol. The molecule has 3 rings (SSSR count). The number of halogens is 2.